The molecule has 1 fully saturated rings. The number of terminal acetylenes is 1. The normalized spacial score (nSPS) is 14.0. The number of nitrogens with zero attached hydrogens (tertiary/aromatic N) is 1. The number of rotatable bonds is 4. The molecule has 0 bridgehead atoms. The first-order chi connectivity index (χ1) is 8.61. The molecule has 2 N–H and O–H groups in total. The standard InChI is InChI=1S/C14H15FN2O/c1-2-7-17(9-10-3-4-10)14(18)12-6-5-11(15)8-13(12)16/h1,5-6,8,10H,3-4,7,9,16H2. The van der Waals surface area contributed by atoms with Gasteiger partial charge in [0, 0.05) is 12.2 Å². The molecule has 0 heterocycles. The zero-order valence-electron chi connectivity index (χ0n) is 10.0. The molecule has 0 radical (unpaired) electrons. The third-order valence-corrected chi connectivity index (χ3v) is 2.99. The third-order valence-electron chi connectivity index (χ3n) is 2.99. The number of hydrogen-bond acceptors (Lipinski definition) is 2. The lowest BCUT2D eigenvalue weighted by molar-refractivity contribution is 0.0771. The predicted molar refractivity (Wildman–Crippen MR) is 68.3 cm³/mol. The summed E-state index contributed by atoms with van der Waals surface area (Å²) < 4.78 is 12.9. The van der Waals surface area contributed by atoms with Gasteiger partial charge in [-0.15, -0.1) is 6.42 Å². The van der Waals surface area contributed by atoms with Gasteiger partial charge < -0.3 is 10.6 Å². The van der Waals surface area contributed by atoms with Gasteiger partial charge in [0.15, 0.2) is 0 Å². The minimum Gasteiger partial charge on any atom is -0.398 e. The maximum atomic E-state index is 12.9. The average Bonchev–Trinajstić information content (AvgIpc) is 3.11. The van der Waals surface area contributed by atoms with Crippen LogP contribution in [-0.4, -0.2) is 23.9 Å². The summed E-state index contributed by atoms with van der Waals surface area (Å²) in [5, 5.41) is 0. The molecule has 1 aliphatic carbocycles. The summed E-state index contributed by atoms with van der Waals surface area (Å²) in [5.41, 5.74) is 6.13. The van der Waals surface area contributed by atoms with Gasteiger partial charge in [0.05, 0.1) is 12.1 Å². The fourth-order valence-electron chi connectivity index (χ4n) is 1.84. The van der Waals surface area contributed by atoms with Gasteiger partial charge in [-0.2, -0.15) is 0 Å². The lowest BCUT2D eigenvalue weighted by atomic mass is 10.1. The van der Waals surface area contributed by atoms with Crippen molar-refractivity contribution in [1.29, 1.82) is 0 Å². The molecule has 4 heteroatoms. The number of carbonyl (C=O) groups is 1. The molecule has 1 saturated carbocycles. The highest BCUT2D eigenvalue weighted by atomic mass is 19.1. The quantitative estimate of drug-likeness (QED) is 0.651. The predicted octanol–water partition coefficient (Wildman–Crippen LogP) is 1.89. The van der Waals surface area contributed by atoms with Crippen molar-refractivity contribution < 1.29 is 9.18 Å². The summed E-state index contributed by atoms with van der Waals surface area (Å²) in [4.78, 5) is 13.9. The van der Waals surface area contributed by atoms with Crippen molar-refractivity contribution in [2.75, 3.05) is 18.8 Å². The largest absolute Gasteiger partial charge is 0.398 e. The molecule has 1 aromatic carbocycles. The molecule has 3 nitrogen and oxygen atoms in total. The number of nitrogens with two attached hydrogens (primary N) is 1. The molecule has 1 amide bonds. The minimum absolute atomic E-state index is 0.151. The zero-order chi connectivity index (χ0) is 13.1. The first-order valence-electron chi connectivity index (χ1n) is 5.89. The van der Waals surface area contributed by atoms with Gasteiger partial charge in [-0.1, -0.05) is 5.92 Å². The van der Waals surface area contributed by atoms with Gasteiger partial charge in [0.2, 0.25) is 0 Å². The average molecular weight is 246 g/mol. The van der Waals surface area contributed by atoms with Crippen molar-refractivity contribution in [2.45, 2.75) is 12.8 Å². The Morgan fingerprint density at radius 2 is 2.28 bits per heavy atom. The molecule has 1 aliphatic rings. The van der Waals surface area contributed by atoms with Crippen LogP contribution in [0.5, 0.6) is 0 Å². The molecule has 0 atom stereocenters. The van der Waals surface area contributed by atoms with E-state index in [9.17, 15) is 9.18 Å². The summed E-state index contributed by atoms with van der Waals surface area (Å²) in [6, 6.07) is 3.79. The second-order valence-corrected chi connectivity index (χ2v) is 4.56. The maximum Gasteiger partial charge on any atom is 0.256 e. The Hall–Kier alpha value is -2.02. The summed E-state index contributed by atoms with van der Waals surface area (Å²) in [6.07, 6.45) is 7.53. The van der Waals surface area contributed by atoms with E-state index in [0.29, 0.717) is 18.0 Å². The molecule has 0 unspecified atom stereocenters. The molecular formula is C14H15FN2O. The molecular weight excluding hydrogens is 231 g/mol. The van der Waals surface area contributed by atoms with Crippen molar-refractivity contribution in [1.82, 2.24) is 4.90 Å². The maximum absolute atomic E-state index is 12.9. The van der Waals surface area contributed by atoms with Crippen molar-refractivity contribution in [3.8, 4) is 12.3 Å². The lowest BCUT2D eigenvalue weighted by Crippen LogP contribution is -2.33. The van der Waals surface area contributed by atoms with Crippen LogP contribution in [0, 0.1) is 24.1 Å². The summed E-state index contributed by atoms with van der Waals surface area (Å²) >= 11 is 0. The van der Waals surface area contributed by atoms with Crippen molar-refractivity contribution in [2.24, 2.45) is 5.92 Å². The first kappa shape index (κ1) is 12.4. The van der Waals surface area contributed by atoms with E-state index in [1.54, 1.807) is 4.90 Å². The molecule has 0 saturated heterocycles. The monoisotopic (exact) mass is 246 g/mol. The summed E-state index contributed by atoms with van der Waals surface area (Å²) in [5.74, 6) is 2.34. The van der Waals surface area contributed by atoms with Crippen LogP contribution in [0.1, 0.15) is 23.2 Å². The third kappa shape index (κ3) is 2.80. The molecule has 0 spiro atoms. The molecule has 94 valence electrons. The summed E-state index contributed by atoms with van der Waals surface area (Å²) in [7, 11) is 0. The Morgan fingerprint density at radius 1 is 1.56 bits per heavy atom. The molecule has 2 rings (SSSR count). The highest BCUT2D eigenvalue weighted by Gasteiger charge is 2.27. The van der Waals surface area contributed by atoms with Crippen molar-refractivity contribution >= 4 is 11.6 Å². The van der Waals surface area contributed by atoms with Crippen LogP contribution in [-0.2, 0) is 0 Å². The Morgan fingerprint density at radius 3 is 2.83 bits per heavy atom. The van der Waals surface area contributed by atoms with Crippen molar-refractivity contribution in [3.63, 3.8) is 0 Å². The second kappa shape index (κ2) is 5.09. The fraction of sp³-hybridized carbons (Fsp3) is 0.357. The van der Waals surface area contributed by atoms with Crippen LogP contribution >= 0.6 is 0 Å². The number of carbonyl (C=O) groups excluding carboxylic acids is 1. The van der Waals surface area contributed by atoms with E-state index in [2.05, 4.69) is 5.92 Å². The number of amides is 1. The van der Waals surface area contributed by atoms with Crippen LogP contribution in [0.25, 0.3) is 0 Å². The van der Waals surface area contributed by atoms with E-state index < -0.39 is 5.82 Å². The summed E-state index contributed by atoms with van der Waals surface area (Å²) in [6.45, 7) is 0.909. The van der Waals surface area contributed by atoms with E-state index in [1.165, 1.54) is 12.1 Å². The second-order valence-electron chi connectivity index (χ2n) is 4.56. The number of nitrogen functional groups attached to an aromatic ring is 1. The highest BCUT2D eigenvalue weighted by Crippen LogP contribution is 2.30. The molecule has 1 aromatic rings. The van der Waals surface area contributed by atoms with E-state index in [-0.39, 0.29) is 18.1 Å². The topological polar surface area (TPSA) is 46.3 Å². The Balaban J connectivity index is 2.18. The van der Waals surface area contributed by atoms with E-state index in [1.807, 2.05) is 0 Å². The zero-order valence-corrected chi connectivity index (χ0v) is 10.0. The minimum atomic E-state index is -0.449. The Bertz CT molecular complexity index is 503. The highest BCUT2D eigenvalue weighted by molar-refractivity contribution is 5.99. The van der Waals surface area contributed by atoms with Crippen LogP contribution < -0.4 is 5.73 Å². The molecule has 0 aromatic heterocycles. The van der Waals surface area contributed by atoms with Crippen LogP contribution in [0.4, 0.5) is 10.1 Å². The van der Waals surface area contributed by atoms with Gasteiger partial charge in [-0.05, 0) is 37.0 Å². The molecule has 18 heavy (non-hydrogen) atoms. The first-order valence-corrected chi connectivity index (χ1v) is 5.89. The van der Waals surface area contributed by atoms with Gasteiger partial charge >= 0.3 is 0 Å². The van der Waals surface area contributed by atoms with Crippen LogP contribution in [0.3, 0.4) is 0 Å². The number of benzene rings is 1. The van der Waals surface area contributed by atoms with E-state index >= 15 is 0 Å². The van der Waals surface area contributed by atoms with E-state index in [4.69, 9.17) is 12.2 Å². The van der Waals surface area contributed by atoms with E-state index in [0.717, 1.165) is 18.9 Å². The van der Waals surface area contributed by atoms with Crippen LogP contribution in [0.15, 0.2) is 18.2 Å². The van der Waals surface area contributed by atoms with Gasteiger partial charge in [0.1, 0.15) is 5.82 Å². The Kier molecular flexibility index (Phi) is 3.52. The number of anilines is 1. The van der Waals surface area contributed by atoms with Gasteiger partial charge in [-0.3, -0.25) is 4.79 Å². The van der Waals surface area contributed by atoms with Crippen LogP contribution in [0.2, 0.25) is 0 Å². The van der Waals surface area contributed by atoms with Gasteiger partial charge in [0.25, 0.3) is 5.91 Å². The van der Waals surface area contributed by atoms with Crippen molar-refractivity contribution in [3.05, 3.63) is 29.6 Å². The lowest BCUT2D eigenvalue weighted by Gasteiger charge is -2.20. The molecule has 0 aliphatic heterocycles. The fourth-order valence-corrected chi connectivity index (χ4v) is 1.84. The number of hydrogen-bond donors (Lipinski definition) is 1. The van der Waals surface area contributed by atoms with Gasteiger partial charge in [-0.25, -0.2) is 4.39 Å². The SMILES string of the molecule is C#CCN(CC1CC1)C(=O)c1ccc(F)cc1N. The number of halogens is 1. The Labute approximate surface area is 106 Å². The smallest absolute Gasteiger partial charge is 0.256 e.